The van der Waals surface area contributed by atoms with Crippen LogP contribution in [0.25, 0.3) is 10.9 Å². The van der Waals surface area contributed by atoms with Crippen LogP contribution in [-0.2, 0) is 25.6 Å². The summed E-state index contributed by atoms with van der Waals surface area (Å²) in [7, 11) is 0. The first kappa shape index (κ1) is 18.5. The number of aliphatic hydroxyl groups is 1. The molecule has 6 nitrogen and oxygen atoms in total. The summed E-state index contributed by atoms with van der Waals surface area (Å²) in [6, 6.07) is 7.89. The van der Waals surface area contributed by atoms with Crippen molar-refractivity contribution in [3.63, 3.8) is 0 Å². The zero-order valence-electron chi connectivity index (χ0n) is 15.6. The maximum atomic E-state index is 11.3. The minimum Gasteiger partial charge on any atom is -0.459 e. The Morgan fingerprint density at radius 2 is 2.00 bits per heavy atom. The highest BCUT2D eigenvalue weighted by Gasteiger charge is 2.43. The first-order valence-corrected chi connectivity index (χ1v) is 9.75. The fourth-order valence-electron chi connectivity index (χ4n) is 4.82. The second-order valence-corrected chi connectivity index (χ2v) is 7.68. The van der Waals surface area contributed by atoms with Crippen molar-refractivity contribution >= 4 is 17.4 Å². The van der Waals surface area contributed by atoms with E-state index in [0.717, 1.165) is 42.1 Å². The molecule has 2 aromatic rings. The van der Waals surface area contributed by atoms with Crippen LogP contribution >= 0.6 is 0 Å². The molecule has 6 heteroatoms. The van der Waals surface area contributed by atoms with Crippen LogP contribution in [0.4, 0.5) is 0 Å². The van der Waals surface area contributed by atoms with E-state index < -0.39 is 11.9 Å². The number of carbonyl (C=O) groups is 1. The van der Waals surface area contributed by atoms with Crippen molar-refractivity contribution in [2.45, 2.75) is 51.1 Å². The first-order chi connectivity index (χ1) is 13.2. The molecule has 27 heavy (non-hydrogen) atoms. The predicted octanol–water partition coefficient (Wildman–Crippen LogP) is 3.44. The van der Waals surface area contributed by atoms with Gasteiger partial charge < -0.3 is 24.3 Å². The molecule has 0 amide bonds. The molecule has 1 aliphatic heterocycles. The number of hydrogen-bond acceptors (Lipinski definition) is 5. The van der Waals surface area contributed by atoms with Crippen molar-refractivity contribution in [2.24, 2.45) is 11.8 Å². The molecule has 1 saturated carbocycles. The number of rotatable bonds is 6. The molecule has 2 unspecified atom stereocenters. The molecule has 2 aliphatic rings. The van der Waals surface area contributed by atoms with Gasteiger partial charge in [0, 0.05) is 40.9 Å². The first-order valence-electron chi connectivity index (χ1n) is 9.75. The fourth-order valence-corrected chi connectivity index (χ4v) is 4.82. The van der Waals surface area contributed by atoms with Crippen LogP contribution in [-0.4, -0.2) is 35.6 Å². The largest absolute Gasteiger partial charge is 0.459 e. The third-order valence-electron chi connectivity index (χ3n) is 6.30. The molecule has 4 rings (SSSR count). The van der Waals surface area contributed by atoms with Crippen LogP contribution in [0.3, 0.4) is 0 Å². The summed E-state index contributed by atoms with van der Waals surface area (Å²) in [6.45, 7) is 3.89. The monoisotopic (exact) mass is 373 g/mol. The third-order valence-corrected chi connectivity index (χ3v) is 6.30. The van der Waals surface area contributed by atoms with E-state index in [-0.39, 0.29) is 12.5 Å². The van der Waals surface area contributed by atoms with Crippen molar-refractivity contribution < 1.29 is 24.1 Å². The van der Waals surface area contributed by atoms with Crippen LogP contribution in [0.2, 0.25) is 0 Å². The van der Waals surface area contributed by atoms with Gasteiger partial charge in [-0.1, -0.05) is 25.1 Å². The van der Waals surface area contributed by atoms with E-state index >= 15 is 0 Å². The molecule has 2 atom stereocenters. The number of hydrogen-bond donors (Lipinski definition) is 2. The number of benzene rings is 1. The molecule has 1 aliphatic carbocycles. The molecule has 1 aromatic carbocycles. The Balaban J connectivity index is 1.60. The number of carbonyl (C=O) groups excluding carboxylic acids is 1. The standard InChI is InChI=1S/C21H27NO5/c1-14(15-6-8-21(9-7-15)26-10-11-27-21)20(25-13-24)19-16-4-2-3-5-17(16)22-18(19)12-23/h2-5,13-15,20,22-23H,6-12H2,1H3. The van der Waals surface area contributed by atoms with Crippen LogP contribution in [0.1, 0.15) is 50.0 Å². The van der Waals surface area contributed by atoms with E-state index in [9.17, 15) is 9.90 Å². The number of aromatic amines is 1. The lowest BCUT2D eigenvalue weighted by molar-refractivity contribution is -0.187. The summed E-state index contributed by atoms with van der Waals surface area (Å²) >= 11 is 0. The normalized spacial score (nSPS) is 22.1. The van der Waals surface area contributed by atoms with Crippen molar-refractivity contribution in [3.8, 4) is 0 Å². The Morgan fingerprint density at radius 1 is 1.30 bits per heavy atom. The fraction of sp³-hybridized carbons (Fsp3) is 0.571. The van der Waals surface area contributed by atoms with Crippen LogP contribution in [0, 0.1) is 11.8 Å². The zero-order valence-corrected chi connectivity index (χ0v) is 15.6. The van der Waals surface area contributed by atoms with Gasteiger partial charge in [-0.3, -0.25) is 4.79 Å². The van der Waals surface area contributed by atoms with Gasteiger partial charge in [-0.2, -0.15) is 0 Å². The van der Waals surface area contributed by atoms with Gasteiger partial charge in [0.15, 0.2) is 5.79 Å². The van der Waals surface area contributed by atoms with E-state index in [1.54, 1.807) is 0 Å². The van der Waals surface area contributed by atoms with Crippen LogP contribution in [0.15, 0.2) is 24.3 Å². The Hall–Kier alpha value is -1.89. The molecule has 1 aromatic heterocycles. The average Bonchev–Trinajstić information content (AvgIpc) is 3.31. The highest BCUT2D eigenvalue weighted by Crippen LogP contribution is 2.45. The van der Waals surface area contributed by atoms with E-state index in [2.05, 4.69) is 11.9 Å². The summed E-state index contributed by atoms with van der Waals surface area (Å²) in [4.78, 5) is 14.6. The Kier molecular flexibility index (Phi) is 5.21. The number of aromatic nitrogens is 1. The van der Waals surface area contributed by atoms with Gasteiger partial charge in [-0.15, -0.1) is 0 Å². The van der Waals surface area contributed by atoms with Crippen LogP contribution < -0.4 is 0 Å². The highest BCUT2D eigenvalue weighted by atomic mass is 16.7. The lowest BCUT2D eigenvalue weighted by Gasteiger charge is -2.39. The summed E-state index contributed by atoms with van der Waals surface area (Å²) in [5.74, 6) is 0.126. The molecule has 1 saturated heterocycles. The van der Waals surface area contributed by atoms with Crippen molar-refractivity contribution in [2.75, 3.05) is 13.2 Å². The summed E-state index contributed by atoms with van der Waals surface area (Å²) in [6.07, 6.45) is 3.28. The van der Waals surface area contributed by atoms with Crippen molar-refractivity contribution in [3.05, 3.63) is 35.5 Å². The molecular formula is C21H27NO5. The second kappa shape index (κ2) is 7.62. The molecule has 2 N–H and O–H groups in total. The average molecular weight is 373 g/mol. The summed E-state index contributed by atoms with van der Waals surface area (Å²) < 4.78 is 17.3. The predicted molar refractivity (Wildman–Crippen MR) is 99.9 cm³/mol. The maximum Gasteiger partial charge on any atom is 0.293 e. The quantitative estimate of drug-likeness (QED) is 0.758. The zero-order chi connectivity index (χ0) is 18.9. The smallest absolute Gasteiger partial charge is 0.293 e. The maximum absolute atomic E-state index is 11.3. The number of para-hydroxylation sites is 1. The van der Waals surface area contributed by atoms with Gasteiger partial charge in [0.2, 0.25) is 0 Å². The minimum absolute atomic E-state index is 0.120. The van der Waals surface area contributed by atoms with E-state index in [1.807, 2.05) is 24.3 Å². The molecule has 2 heterocycles. The van der Waals surface area contributed by atoms with Crippen molar-refractivity contribution in [1.29, 1.82) is 0 Å². The van der Waals surface area contributed by atoms with Gasteiger partial charge in [0.05, 0.1) is 19.8 Å². The third kappa shape index (κ3) is 3.37. The Bertz CT molecular complexity index is 785. The highest BCUT2D eigenvalue weighted by molar-refractivity contribution is 5.85. The van der Waals surface area contributed by atoms with E-state index in [4.69, 9.17) is 14.2 Å². The molecule has 2 fully saturated rings. The minimum atomic E-state index is -0.398. The molecule has 0 bridgehead atoms. The lowest BCUT2D eigenvalue weighted by atomic mass is 9.74. The van der Waals surface area contributed by atoms with Gasteiger partial charge in [0.25, 0.3) is 6.47 Å². The van der Waals surface area contributed by atoms with E-state index in [1.165, 1.54) is 0 Å². The molecule has 1 spiro atoms. The number of fused-ring (bicyclic) bond motifs is 1. The number of ether oxygens (including phenoxy) is 3. The van der Waals surface area contributed by atoms with Gasteiger partial charge in [-0.25, -0.2) is 0 Å². The Labute approximate surface area is 158 Å². The summed E-state index contributed by atoms with van der Waals surface area (Å²) in [5.41, 5.74) is 2.55. The van der Waals surface area contributed by atoms with Gasteiger partial charge in [0.1, 0.15) is 6.10 Å². The second-order valence-electron chi connectivity index (χ2n) is 7.68. The summed E-state index contributed by atoms with van der Waals surface area (Å²) in [5, 5.41) is 10.9. The van der Waals surface area contributed by atoms with Crippen LogP contribution in [0.5, 0.6) is 0 Å². The molecule has 0 radical (unpaired) electrons. The number of aliphatic hydroxyl groups excluding tert-OH is 1. The van der Waals surface area contributed by atoms with Crippen molar-refractivity contribution in [1.82, 2.24) is 4.98 Å². The Morgan fingerprint density at radius 3 is 2.67 bits per heavy atom. The number of H-pyrrole nitrogens is 1. The van der Waals surface area contributed by atoms with Gasteiger partial charge >= 0.3 is 0 Å². The topological polar surface area (TPSA) is 80.8 Å². The SMILES string of the molecule is CC(C1CCC2(CC1)OCCO2)C(OC=O)c1c(CO)[nH]c2ccccc12. The van der Waals surface area contributed by atoms with E-state index in [0.29, 0.717) is 31.3 Å². The molecular weight excluding hydrogens is 346 g/mol. The molecule has 146 valence electrons. The van der Waals surface area contributed by atoms with Gasteiger partial charge in [-0.05, 0) is 24.8 Å². The number of nitrogens with one attached hydrogen (secondary N) is 1. The lowest BCUT2D eigenvalue weighted by Crippen LogP contribution is -2.37.